The first-order valence-corrected chi connectivity index (χ1v) is 2.40. The van der Waals surface area contributed by atoms with Crippen LogP contribution >= 0.6 is 0 Å². The van der Waals surface area contributed by atoms with Gasteiger partial charge in [0, 0.05) is 14.0 Å². The van der Waals surface area contributed by atoms with Crippen LogP contribution in [-0.4, -0.2) is 31.0 Å². The largest absolute Gasteiger partial charge is 0.400 e. The Kier molecular flexibility index (Phi) is 12.4. The maximum absolute atomic E-state index is 9.93. The Hall–Kier alpha value is -0.900. The zero-order valence-electron chi connectivity index (χ0n) is 5.55. The van der Waals surface area contributed by atoms with E-state index in [0.29, 0.717) is 6.29 Å². The lowest BCUT2D eigenvalue weighted by Crippen LogP contribution is -2.21. The molecule has 1 amide bonds. The van der Waals surface area contributed by atoms with Crippen LogP contribution in [0.25, 0.3) is 0 Å². The quantitative estimate of drug-likeness (QED) is 0.471. The summed E-state index contributed by atoms with van der Waals surface area (Å²) in [5.74, 6) is -0.174. The van der Waals surface area contributed by atoms with Gasteiger partial charge in [0.1, 0.15) is 6.29 Å². The van der Waals surface area contributed by atoms with Crippen molar-refractivity contribution in [1.29, 1.82) is 0 Å². The molecular weight excluding hydrogens is 122 g/mol. The molecule has 0 unspecified atom stereocenters. The summed E-state index contributed by atoms with van der Waals surface area (Å²) in [5.41, 5.74) is 0. The molecule has 0 aromatic heterocycles. The molecule has 0 atom stereocenters. The molecule has 0 heterocycles. The fourth-order valence-corrected chi connectivity index (χ4v) is 0.185. The van der Waals surface area contributed by atoms with Gasteiger partial charge >= 0.3 is 0 Å². The predicted molar refractivity (Wildman–Crippen MR) is 32.9 cm³/mol. The van der Waals surface area contributed by atoms with Crippen molar-refractivity contribution in [3.63, 3.8) is 0 Å². The third kappa shape index (κ3) is 19.2. The fourth-order valence-electron chi connectivity index (χ4n) is 0.185. The van der Waals surface area contributed by atoms with Crippen LogP contribution in [0.3, 0.4) is 0 Å². The van der Waals surface area contributed by atoms with Crippen molar-refractivity contribution in [2.24, 2.45) is 0 Å². The molecule has 0 aliphatic rings. The number of nitrogens with one attached hydrogen (secondary N) is 1. The number of rotatable bonds is 2. The van der Waals surface area contributed by atoms with E-state index in [-0.39, 0.29) is 12.5 Å². The van der Waals surface area contributed by atoms with Crippen molar-refractivity contribution >= 4 is 12.2 Å². The molecule has 0 spiro atoms. The molecule has 0 radical (unpaired) electrons. The third-order valence-corrected chi connectivity index (χ3v) is 0.434. The lowest BCUT2D eigenvalue weighted by Gasteiger charge is -1.88. The number of aliphatic hydroxyl groups is 1. The van der Waals surface area contributed by atoms with Crippen LogP contribution in [0.15, 0.2) is 0 Å². The fraction of sp³-hybridized carbons (Fsp3) is 0.600. The minimum atomic E-state index is -0.174. The Morgan fingerprint density at radius 3 is 2.22 bits per heavy atom. The van der Waals surface area contributed by atoms with E-state index in [9.17, 15) is 9.59 Å². The summed E-state index contributed by atoms with van der Waals surface area (Å²) < 4.78 is 0. The molecular formula is C5H11NO3. The standard InChI is InChI=1S/C4H7NO2.CH4O/c1-4(7)5-2-3-6;1-2/h3H,2H2,1H3,(H,5,7);2H,1H3. The van der Waals surface area contributed by atoms with Gasteiger partial charge in [-0.05, 0) is 0 Å². The number of aldehydes is 1. The Balaban J connectivity index is 0. The van der Waals surface area contributed by atoms with Gasteiger partial charge in [0.15, 0.2) is 0 Å². The summed E-state index contributed by atoms with van der Waals surface area (Å²) in [6, 6.07) is 0. The van der Waals surface area contributed by atoms with Crippen molar-refractivity contribution in [3.8, 4) is 0 Å². The molecule has 0 aliphatic heterocycles. The van der Waals surface area contributed by atoms with Gasteiger partial charge in [0.25, 0.3) is 0 Å². The first-order chi connectivity index (χ1) is 4.27. The molecule has 2 N–H and O–H groups in total. The maximum atomic E-state index is 9.93. The van der Waals surface area contributed by atoms with Gasteiger partial charge in [0.2, 0.25) is 5.91 Å². The van der Waals surface area contributed by atoms with Crippen LogP contribution < -0.4 is 5.32 Å². The van der Waals surface area contributed by atoms with Crippen LogP contribution in [0, 0.1) is 0 Å². The van der Waals surface area contributed by atoms with E-state index in [0.717, 1.165) is 7.11 Å². The Morgan fingerprint density at radius 1 is 1.67 bits per heavy atom. The Bertz CT molecular complexity index is 82.3. The Labute approximate surface area is 53.9 Å². The second kappa shape index (κ2) is 10.2. The summed E-state index contributed by atoms with van der Waals surface area (Å²) in [5, 5.41) is 9.29. The summed E-state index contributed by atoms with van der Waals surface area (Å²) >= 11 is 0. The van der Waals surface area contributed by atoms with E-state index in [4.69, 9.17) is 5.11 Å². The van der Waals surface area contributed by atoms with Gasteiger partial charge in [-0.2, -0.15) is 0 Å². The number of hydrogen-bond acceptors (Lipinski definition) is 3. The van der Waals surface area contributed by atoms with Gasteiger partial charge in [0.05, 0.1) is 6.54 Å². The van der Waals surface area contributed by atoms with E-state index < -0.39 is 0 Å². The number of carbonyl (C=O) groups excluding carboxylic acids is 2. The monoisotopic (exact) mass is 133 g/mol. The van der Waals surface area contributed by atoms with Crippen molar-refractivity contribution in [1.82, 2.24) is 5.32 Å². The first kappa shape index (κ1) is 11.0. The van der Waals surface area contributed by atoms with E-state index in [1.807, 2.05) is 0 Å². The molecule has 0 saturated carbocycles. The van der Waals surface area contributed by atoms with E-state index in [1.165, 1.54) is 6.92 Å². The highest BCUT2D eigenvalue weighted by atomic mass is 16.2. The van der Waals surface area contributed by atoms with Crippen molar-refractivity contribution in [3.05, 3.63) is 0 Å². The lowest BCUT2D eigenvalue weighted by molar-refractivity contribution is -0.120. The molecule has 4 heteroatoms. The molecule has 0 aromatic rings. The van der Waals surface area contributed by atoms with Gasteiger partial charge in [-0.1, -0.05) is 0 Å². The van der Waals surface area contributed by atoms with Crippen LogP contribution in [0.4, 0.5) is 0 Å². The van der Waals surface area contributed by atoms with Crippen molar-refractivity contribution in [2.45, 2.75) is 6.92 Å². The molecule has 0 fully saturated rings. The Morgan fingerprint density at radius 2 is 2.11 bits per heavy atom. The highest BCUT2D eigenvalue weighted by Gasteiger charge is 1.83. The van der Waals surface area contributed by atoms with Crippen LogP contribution in [0.5, 0.6) is 0 Å². The smallest absolute Gasteiger partial charge is 0.217 e. The molecule has 0 bridgehead atoms. The lowest BCUT2D eigenvalue weighted by atomic mass is 10.6. The van der Waals surface area contributed by atoms with Gasteiger partial charge in [-0.3, -0.25) is 4.79 Å². The molecule has 0 aromatic carbocycles. The van der Waals surface area contributed by atoms with Gasteiger partial charge in [-0.15, -0.1) is 0 Å². The zero-order chi connectivity index (χ0) is 7.70. The number of aliphatic hydroxyl groups excluding tert-OH is 1. The van der Waals surface area contributed by atoms with Crippen LogP contribution in [0.2, 0.25) is 0 Å². The van der Waals surface area contributed by atoms with E-state index in [2.05, 4.69) is 5.32 Å². The summed E-state index contributed by atoms with van der Waals surface area (Å²) in [7, 11) is 1.00. The SMILES string of the molecule is CC(=O)NCC=O.CO. The summed E-state index contributed by atoms with van der Waals surface area (Å²) in [4.78, 5) is 19.4. The maximum Gasteiger partial charge on any atom is 0.217 e. The van der Waals surface area contributed by atoms with Crippen LogP contribution in [-0.2, 0) is 9.59 Å². The minimum Gasteiger partial charge on any atom is -0.400 e. The highest BCUT2D eigenvalue weighted by Crippen LogP contribution is 1.53. The second-order valence-electron chi connectivity index (χ2n) is 1.10. The average Bonchev–Trinajstić information content (AvgIpc) is 1.88. The van der Waals surface area contributed by atoms with E-state index in [1.54, 1.807) is 0 Å². The third-order valence-electron chi connectivity index (χ3n) is 0.434. The molecule has 0 saturated heterocycles. The second-order valence-corrected chi connectivity index (χ2v) is 1.10. The zero-order valence-corrected chi connectivity index (χ0v) is 5.55. The molecule has 4 nitrogen and oxygen atoms in total. The molecule has 0 rings (SSSR count). The minimum absolute atomic E-state index is 0.120. The van der Waals surface area contributed by atoms with Gasteiger partial charge < -0.3 is 15.2 Å². The normalized spacial score (nSPS) is 6.56. The summed E-state index contributed by atoms with van der Waals surface area (Å²) in [6.07, 6.45) is 0.640. The van der Waals surface area contributed by atoms with E-state index >= 15 is 0 Å². The molecule has 54 valence electrons. The van der Waals surface area contributed by atoms with Gasteiger partial charge in [-0.25, -0.2) is 0 Å². The number of hydrogen-bond donors (Lipinski definition) is 2. The highest BCUT2D eigenvalue weighted by molar-refractivity contribution is 5.75. The average molecular weight is 133 g/mol. The topological polar surface area (TPSA) is 66.4 Å². The first-order valence-electron chi connectivity index (χ1n) is 2.40. The predicted octanol–water partition coefficient (Wildman–Crippen LogP) is -1.07. The molecule has 9 heavy (non-hydrogen) atoms. The van der Waals surface area contributed by atoms with Crippen molar-refractivity contribution < 1.29 is 14.7 Å². The number of carbonyl (C=O) groups is 2. The van der Waals surface area contributed by atoms with Crippen LogP contribution in [0.1, 0.15) is 6.92 Å². The number of amides is 1. The molecule has 0 aliphatic carbocycles. The summed E-state index contributed by atoms with van der Waals surface area (Å²) in [6.45, 7) is 1.48. The van der Waals surface area contributed by atoms with Crippen molar-refractivity contribution in [2.75, 3.05) is 13.7 Å².